The van der Waals surface area contributed by atoms with E-state index in [2.05, 4.69) is 130 Å². The minimum absolute atomic E-state index is 0.0330. The van der Waals surface area contributed by atoms with Crippen molar-refractivity contribution in [1.29, 1.82) is 0 Å². The molecule has 2 atom stereocenters. The maximum atomic E-state index is 2.62. The van der Waals surface area contributed by atoms with Crippen LogP contribution >= 0.6 is 0 Å². The highest BCUT2D eigenvalue weighted by Gasteiger charge is 2.60. The Morgan fingerprint density at radius 1 is 0.742 bits per heavy atom. The molecule has 0 aromatic heterocycles. The van der Waals surface area contributed by atoms with Crippen molar-refractivity contribution >= 4 is 31.7 Å². The maximum absolute atomic E-state index is 2.62. The van der Waals surface area contributed by atoms with E-state index in [0.29, 0.717) is 0 Å². The van der Waals surface area contributed by atoms with Gasteiger partial charge in [0, 0.05) is 5.04 Å². The van der Waals surface area contributed by atoms with Gasteiger partial charge in [0.05, 0.1) is 8.07 Å². The fourth-order valence-corrected chi connectivity index (χ4v) is 15.2. The Balaban J connectivity index is 2.55. The van der Waals surface area contributed by atoms with Crippen LogP contribution in [0.5, 0.6) is 0 Å². The minimum atomic E-state index is -2.34. The van der Waals surface area contributed by atoms with Gasteiger partial charge < -0.3 is 0 Å². The van der Waals surface area contributed by atoms with E-state index in [0.717, 1.165) is 0 Å². The number of aryl methyl sites for hydroxylation is 1. The van der Waals surface area contributed by atoms with Crippen LogP contribution in [0.3, 0.4) is 0 Å². The first-order valence-electron chi connectivity index (χ1n) is 11.7. The van der Waals surface area contributed by atoms with Gasteiger partial charge >= 0.3 is 0 Å². The number of benzene rings is 2. The van der Waals surface area contributed by atoms with Crippen molar-refractivity contribution < 1.29 is 0 Å². The number of rotatable bonds is 4. The van der Waals surface area contributed by atoms with Gasteiger partial charge in [0.25, 0.3) is 0 Å². The standard InChI is InChI=1S/C29H42Si2/c1-21-17-26(30(9,10)11)19-27(18-21)31(28(5,6)7,25-15-13-12-14-16-25)29(8)20-22(2)23(3)24(29)4/h12-20H,1-11H3. The first kappa shape index (κ1) is 24.0. The molecule has 2 aromatic rings. The first-order chi connectivity index (χ1) is 14.2. The molecule has 0 saturated heterocycles. The van der Waals surface area contributed by atoms with Crippen molar-refractivity contribution in [2.75, 3.05) is 0 Å². The van der Waals surface area contributed by atoms with Crippen molar-refractivity contribution in [3.8, 4) is 0 Å². The summed E-state index contributed by atoms with van der Waals surface area (Å²) in [6.45, 7) is 26.8. The molecular formula is C29H42Si2. The van der Waals surface area contributed by atoms with Crippen LogP contribution in [0, 0.1) is 6.92 Å². The van der Waals surface area contributed by atoms with Crippen LogP contribution in [0.4, 0.5) is 0 Å². The van der Waals surface area contributed by atoms with Crippen LogP contribution in [0.15, 0.2) is 71.3 Å². The molecule has 0 aliphatic heterocycles. The molecule has 0 amide bonds. The van der Waals surface area contributed by atoms with E-state index in [1.165, 1.54) is 16.7 Å². The lowest BCUT2D eigenvalue weighted by molar-refractivity contribution is 0.683. The average molecular weight is 447 g/mol. The molecule has 31 heavy (non-hydrogen) atoms. The van der Waals surface area contributed by atoms with E-state index in [-0.39, 0.29) is 10.1 Å². The second-order valence-electron chi connectivity index (χ2n) is 12.0. The summed E-state index contributed by atoms with van der Waals surface area (Å²) in [5, 5.41) is 4.90. The molecule has 0 radical (unpaired) electrons. The molecule has 166 valence electrons. The van der Waals surface area contributed by atoms with Gasteiger partial charge in [-0.3, -0.25) is 0 Å². The van der Waals surface area contributed by atoms with Crippen LogP contribution in [0.25, 0.3) is 0 Å². The lowest BCUT2D eigenvalue weighted by Gasteiger charge is -2.54. The van der Waals surface area contributed by atoms with Crippen molar-refractivity contribution in [3.05, 3.63) is 76.9 Å². The van der Waals surface area contributed by atoms with Gasteiger partial charge in [-0.15, -0.1) is 0 Å². The summed E-state index contributed by atoms with van der Waals surface area (Å²) in [5.41, 5.74) is 5.91. The zero-order chi connectivity index (χ0) is 23.4. The monoisotopic (exact) mass is 446 g/mol. The third kappa shape index (κ3) is 3.66. The third-order valence-corrected chi connectivity index (χ3v) is 16.6. The summed E-state index contributed by atoms with van der Waals surface area (Å²) in [7, 11) is -3.79. The highest BCUT2D eigenvalue weighted by Crippen LogP contribution is 2.59. The summed E-state index contributed by atoms with van der Waals surface area (Å²) in [4.78, 5) is 0. The predicted molar refractivity (Wildman–Crippen MR) is 146 cm³/mol. The second kappa shape index (κ2) is 7.74. The maximum Gasteiger partial charge on any atom is 0.136 e. The van der Waals surface area contributed by atoms with Crippen LogP contribution in [0.1, 0.15) is 54.0 Å². The van der Waals surface area contributed by atoms with Crippen molar-refractivity contribution in [2.45, 2.75) is 85.1 Å². The largest absolute Gasteiger partial charge is 0.136 e. The van der Waals surface area contributed by atoms with E-state index in [1.54, 1.807) is 21.1 Å². The van der Waals surface area contributed by atoms with Gasteiger partial charge in [0.1, 0.15) is 8.07 Å². The summed E-state index contributed by atoms with van der Waals surface area (Å²) in [6.07, 6.45) is 2.62. The van der Waals surface area contributed by atoms with Gasteiger partial charge in [-0.05, 0) is 38.3 Å². The smallest absolute Gasteiger partial charge is 0.0733 e. The molecule has 0 N–H and O–H groups in total. The van der Waals surface area contributed by atoms with Gasteiger partial charge in [0.2, 0.25) is 0 Å². The summed E-state index contributed by atoms with van der Waals surface area (Å²) in [5.74, 6) is 0. The highest BCUT2D eigenvalue weighted by atomic mass is 28.3. The summed E-state index contributed by atoms with van der Waals surface area (Å²) in [6, 6.07) is 19.1. The van der Waals surface area contributed by atoms with Crippen LogP contribution < -0.4 is 15.6 Å². The number of hydrogen-bond donors (Lipinski definition) is 0. The van der Waals surface area contributed by atoms with Crippen LogP contribution in [0.2, 0.25) is 29.7 Å². The lowest BCUT2D eigenvalue weighted by Crippen LogP contribution is -2.71. The van der Waals surface area contributed by atoms with Gasteiger partial charge in [0.15, 0.2) is 0 Å². The molecule has 1 aliphatic carbocycles. The Kier molecular flexibility index (Phi) is 5.99. The minimum Gasteiger partial charge on any atom is -0.0733 e. The zero-order valence-corrected chi connectivity index (χ0v) is 23.7. The second-order valence-corrected chi connectivity index (χ2v) is 22.3. The Hall–Kier alpha value is -1.65. The zero-order valence-electron chi connectivity index (χ0n) is 21.7. The molecule has 2 heteroatoms. The molecule has 0 fully saturated rings. The van der Waals surface area contributed by atoms with Gasteiger partial charge in [-0.2, -0.15) is 0 Å². The highest BCUT2D eigenvalue weighted by molar-refractivity contribution is 7.07. The molecule has 0 spiro atoms. The Bertz CT molecular complexity index is 1040. The van der Waals surface area contributed by atoms with Crippen molar-refractivity contribution in [2.24, 2.45) is 0 Å². The molecule has 2 aromatic carbocycles. The Morgan fingerprint density at radius 3 is 1.74 bits per heavy atom. The van der Waals surface area contributed by atoms with Gasteiger partial charge in [-0.1, -0.05) is 134 Å². The third-order valence-electron chi connectivity index (χ3n) is 7.93. The molecule has 0 saturated carbocycles. The lowest BCUT2D eigenvalue weighted by atomic mass is 10.0. The Labute approximate surface area is 193 Å². The topological polar surface area (TPSA) is 0 Å². The normalized spacial score (nSPS) is 21.8. The quantitative estimate of drug-likeness (QED) is 0.445. The molecule has 0 heterocycles. The average Bonchev–Trinajstić information content (AvgIpc) is 2.84. The van der Waals surface area contributed by atoms with E-state index in [4.69, 9.17) is 0 Å². The van der Waals surface area contributed by atoms with E-state index in [9.17, 15) is 0 Å². The molecule has 1 aliphatic rings. The fraction of sp³-hybridized carbons (Fsp3) is 0.448. The Morgan fingerprint density at radius 2 is 1.29 bits per heavy atom. The summed E-state index contributed by atoms with van der Waals surface area (Å²) < 4.78 is 0. The number of allylic oxidation sites excluding steroid dienone is 4. The van der Waals surface area contributed by atoms with Crippen LogP contribution in [-0.4, -0.2) is 16.1 Å². The molecule has 2 unspecified atom stereocenters. The van der Waals surface area contributed by atoms with Gasteiger partial charge in [-0.25, -0.2) is 0 Å². The molecule has 0 bridgehead atoms. The van der Waals surface area contributed by atoms with E-state index < -0.39 is 16.1 Å². The first-order valence-corrected chi connectivity index (χ1v) is 17.2. The molecule has 3 rings (SSSR count). The van der Waals surface area contributed by atoms with E-state index in [1.807, 2.05) is 0 Å². The number of hydrogen-bond acceptors (Lipinski definition) is 0. The molecule has 0 nitrogen and oxygen atoms in total. The fourth-order valence-electron chi connectivity index (χ4n) is 6.26. The molecular weight excluding hydrogens is 404 g/mol. The predicted octanol–water partition coefficient (Wildman–Crippen LogP) is 6.96. The van der Waals surface area contributed by atoms with Crippen molar-refractivity contribution in [1.82, 2.24) is 0 Å². The van der Waals surface area contributed by atoms with E-state index >= 15 is 0 Å². The SMILES string of the molecule is CC1=CC(C)([Si](c2ccccc2)(c2cc(C)cc([Si](C)(C)C)c2)C(C)(C)C)C(C)=C1C. The van der Waals surface area contributed by atoms with Crippen molar-refractivity contribution in [3.63, 3.8) is 0 Å². The van der Waals surface area contributed by atoms with Crippen LogP contribution in [-0.2, 0) is 0 Å². The summed E-state index contributed by atoms with van der Waals surface area (Å²) >= 11 is 0.